The second kappa shape index (κ2) is 5.73. The number of hydrogen-bond donors (Lipinski definition) is 1. The maximum atomic E-state index is 11.7. The van der Waals surface area contributed by atoms with E-state index in [2.05, 4.69) is 16.2 Å². The van der Waals surface area contributed by atoms with Gasteiger partial charge in [-0.15, -0.1) is 0 Å². The molecule has 0 aliphatic heterocycles. The fourth-order valence-electron chi connectivity index (χ4n) is 3.38. The zero-order valence-corrected chi connectivity index (χ0v) is 13.6. The largest absolute Gasteiger partial charge is 0.476 e. The number of carboxylic acid groups (broad SMARTS) is 1. The first-order chi connectivity index (χ1) is 11.7. The van der Waals surface area contributed by atoms with Crippen molar-refractivity contribution in [3.63, 3.8) is 0 Å². The van der Waals surface area contributed by atoms with Crippen molar-refractivity contribution < 1.29 is 9.90 Å². The Morgan fingerprint density at radius 1 is 1.46 bits per heavy atom. The highest BCUT2D eigenvalue weighted by atomic mass is 32.1. The third-order valence-corrected chi connectivity index (χ3v) is 5.41. The maximum absolute atomic E-state index is 11.7. The van der Waals surface area contributed by atoms with E-state index in [4.69, 9.17) is 5.26 Å². The normalized spacial score (nSPS) is 16.7. The van der Waals surface area contributed by atoms with Crippen LogP contribution in [0, 0.1) is 11.3 Å². The molecule has 2 heterocycles. The lowest BCUT2D eigenvalue weighted by molar-refractivity contribution is 0.0688. The summed E-state index contributed by atoms with van der Waals surface area (Å²) in [5.74, 6) is -1.11. The van der Waals surface area contributed by atoms with Crippen molar-refractivity contribution in [2.24, 2.45) is 0 Å². The average molecular weight is 338 g/mol. The summed E-state index contributed by atoms with van der Waals surface area (Å²) in [6.45, 7) is 0. The molecule has 1 aliphatic carbocycles. The van der Waals surface area contributed by atoms with Crippen LogP contribution in [-0.2, 0) is 6.42 Å². The van der Waals surface area contributed by atoms with Crippen molar-refractivity contribution in [3.05, 3.63) is 41.2 Å². The van der Waals surface area contributed by atoms with Crippen molar-refractivity contribution in [1.29, 1.82) is 5.26 Å². The molecule has 0 saturated heterocycles. The summed E-state index contributed by atoms with van der Waals surface area (Å²) >= 11 is 1.49. The molecule has 1 N–H and O–H groups in total. The van der Waals surface area contributed by atoms with Gasteiger partial charge in [-0.1, -0.05) is 23.5 Å². The summed E-state index contributed by atoms with van der Waals surface area (Å²) in [4.78, 5) is 16.3. The van der Waals surface area contributed by atoms with Gasteiger partial charge < -0.3 is 5.11 Å². The third-order valence-electron chi connectivity index (χ3n) is 4.40. The fourth-order valence-corrected chi connectivity index (χ4v) is 4.32. The van der Waals surface area contributed by atoms with Gasteiger partial charge in [0.2, 0.25) is 5.13 Å². The number of fused-ring (bicyclic) bond motifs is 2. The highest BCUT2D eigenvalue weighted by Gasteiger charge is 2.32. The van der Waals surface area contributed by atoms with Crippen LogP contribution in [-0.4, -0.2) is 25.8 Å². The molecule has 0 fully saturated rings. The molecule has 0 amide bonds. The van der Waals surface area contributed by atoms with Gasteiger partial charge in [-0.05, 0) is 31.4 Å². The van der Waals surface area contributed by atoms with E-state index >= 15 is 0 Å². The highest BCUT2D eigenvalue weighted by Crippen LogP contribution is 2.38. The zero-order valence-electron chi connectivity index (χ0n) is 12.8. The standard InChI is InChI=1S/C17H14N4O2S/c18-9-8-10-4-3-6-12-14(10)15(16(22)23)20-21(12)17-19-11-5-1-2-7-13(11)24-17/h1-2,5,7,10H,3-4,6,8H2,(H,22,23). The van der Waals surface area contributed by atoms with E-state index in [0.29, 0.717) is 11.6 Å². The zero-order chi connectivity index (χ0) is 16.7. The Morgan fingerprint density at radius 3 is 3.04 bits per heavy atom. The number of hydrogen-bond acceptors (Lipinski definition) is 5. The van der Waals surface area contributed by atoms with E-state index < -0.39 is 5.97 Å². The summed E-state index contributed by atoms with van der Waals surface area (Å²) in [5, 5.41) is 23.6. The van der Waals surface area contributed by atoms with E-state index in [0.717, 1.165) is 40.7 Å². The molecule has 120 valence electrons. The summed E-state index contributed by atoms with van der Waals surface area (Å²) in [7, 11) is 0. The number of benzene rings is 1. The van der Waals surface area contributed by atoms with Gasteiger partial charge in [0, 0.05) is 17.9 Å². The van der Waals surface area contributed by atoms with Gasteiger partial charge in [-0.25, -0.2) is 14.5 Å². The van der Waals surface area contributed by atoms with Crippen molar-refractivity contribution in [3.8, 4) is 11.2 Å². The van der Waals surface area contributed by atoms with Crippen molar-refractivity contribution in [1.82, 2.24) is 14.8 Å². The number of nitrogens with zero attached hydrogens (tertiary/aromatic N) is 4. The van der Waals surface area contributed by atoms with Crippen molar-refractivity contribution in [2.75, 3.05) is 0 Å². The molecular weight excluding hydrogens is 324 g/mol. The van der Waals surface area contributed by atoms with Gasteiger partial charge in [-0.2, -0.15) is 10.4 Å². The van der Waals surface area contributed by atoms with Gasteiger partial charge in [0.05, 0.1) is 22.0 Å². The van der Waals surface area contributed by atoms with Crippen LogP contribution in [0.15, 0.2) is 24.3 Å². The molecule has 24 heavy (non-hydrogen) atoms. The van der Waals surface area contributed by atoms with Crippen LogP contribution in [0.5, 0.6) is 0 Å². The first kappa shape index (κ1) is 14.8. The lowest BCUT2D eigenvalue weighted by Gasteiger charge is -2.21. The number of aromatic carboxylic acids is 1. The van der Waals surface area contributed by atoms with E-state index in [1.165, 1.54) is 11.3 Å². The lowest BCUT2D eigenvalue weighted by atomic mass is 9.83. The van der Waals surface area contributed by atoms with Gasteiger partial charge in [0.15, 0.2) is 5.69 Å². The lowest BCUT2D eigenvalue weighted by Crippen LogP contribution is -2.13. The third kappa shape index (κ3) is 2.27. The van der Waals surface area contributed by atoms with E-state index in [9.17, 15) is 9.90 Å². The molecule has 0 saturated carbocycles. The molecule has 7 heteroatoms. The van der Waals surface area contributed by atoms with Gasteiger partial charge in [0.25, 0.3) is 0 Å². The minimum atomic E-state index is -1.05. The minimum absolute atomic E-state index is 0.0595. The molecule has 3 aromatic rings. The fraction of sp³-hybridized carbons (Fsp3) is 0.294. The van der Waals surface area contributed by atoms with E-state index in [-0.39, 0.29) is 11.6 Å². The monoisotopic (exact) mass is 338 g/mol. The summed E-state index contributed by atoms with van der Waals surface area (Å²) in [6, 6.07) is 9.97. The van der Waals surface area contributed by atoms with E-state index in [1.807, 2.05) is 24.3 Å². The molecule has 2 aromatic heterocycles. The van der Waals surface area contributed by atoms with Crippen LogP contribution in [0.4, 0.5) is 0 Å². The number of carbonyl (C=O) groups is 1. The Morgan fingerprint density at radius 2 is 2.29 bits per heavy atom. The molecule has 1 aromatic carbocycles. The predicted octanol–water partition coefficient (Wildman–Crippen LogP) is 3.51. The van der Waals surface area contributed by atoms with Crippen molar-refractivity contribution >= 4 is 27.5 Å². The molecule has 1 atom stereocenters. The minimum Gasteiger partial charge on any atom is -0.476 e. The van der Waals surface area contributed by atoms with E-state index in [1.54, 1.807) is 4.68 Å². The van der Waals surface area contributed by atoms with Crippen LogP contribution < -0.4 is 0 Å². The smallest absolute Gasteiger partial charge is 0.356 e. The molecule has 0 radical (unpaired) electrons. The first-order valence-corrected chi connectivity index (χ1v) is 8.58. The molecule has 0 spiro atoms. The number of aromatic nitrogens is 3. The highest BCUT2D eigenvalue weighted by molar-refractivity contribution is 7.20. The molecule has 1 unspecified atom stereocenters. The second-order valence-corrected chi connectivity index (χ2v) is 6.85. The average Bonchev–Trinajstić information content (AvgIpc) is 3.16. The summed E-state index contributed by atoms with van der Waals surface area (Å²) in [6.07, 6.45) is 2.83. The first-order valence-electron chi connectivity index (χ1n) is 7.77. The summed E-state index contributed by atoms with van der Waals surface area (Å²) < 4.78 is 2.71. The number of nitriles is 1. The Bertz CT molecular complexity index is 949. The predicted molar refractivity (Wildman–Crippen MR) is 89.6 cm³/mol. The Kier molecular flexibility index (Phi) is 3.54. The number of rotatable bonds is 3. The van der Waals surface area contributed by atoms with Gasteiger partial charge in [0.1, 0.15) is 0 Å². The molecule has 0 bridgehead atoms. The van der Waals surface area contributed by atoms with Gasteiger partial charge in [-0.3, -0.25) is 0 Å². The quantitative estimate of drug-likeness (QED) is 0.789. The number of para-hydroxylation sites is 1. The Balaban J connectivity index is 1.92. The molecule has 4 rings (SSSR count). The summed E-state index contributed by atoms with van der Waals surface area (Å²) in [5.41, 5.74) is 2.54. The number of carboxylic acids is 1. The molecule has 1 aliphatic rings. The van der Waals surface area contributed by atoms with Gasteiger partial charge >= 0.3 is 5.97 Å². The van der Waals surface area contributed by atoms with Crippen LogP contribution in [0.3, 0.4) is 0 Å². The number of thiazole rings is 1. The molecule has 6 nitrogen and oxygen atoms in total. The Labute approximate surface area is 142 Å². The van der Waals surface area contributed by atoms with Crippen LogP contribution in [0.25, 0.3) is 15.3 Å². The molecular formula is C17H14N4O2S. The SMILES string of the molecule is N#CCC1CCCc2c1c(C(=O)O)nn2-c1nc2ccccc2s1. The topological polar surface area (TPSA) is 91.8 Å². The Hall–Kier alpha value is -2.72. The van der Waals surface area contributed by atoms with Crippen LogP contribution >= 0.6 is 11.3 Å². The van der Waals surface area contributed by atoms with Crippen molar-refractivity contribution in [2.45, 2.75) is 31.6 Å². The van der Waals surface area contributed by atoms with Crippen LogP contribution in [0.1, 0.15) is 46.9 Å². The maximum Gasteiger partial charge on any atom is 0.356 e. The van der Waals surface area contributed by atoms with Crippen LogP contribution in [0.2, 0.25) is 0 Å². The second-order valence-electron chi connectivity index (χ2n) is 5.84.